The van der Waals surface area contributed by atoms with Gasteiger partial charge in [-0.1, -0.05) is 38.5 Å². The Morgan fingerprint density at radius 2 is 2.05 bits per heavy atom. The van der Waals surface area contributed by atoms with Gasteiger partial charge in [0, 0.05) is 17.5 Å². The molecule has 1 atom stereocenters. The smallest absolute Gasteiger partial charge is 0.0704 e. The lowest BCUT2D eigenvalue weighted by Gasteiger charge is -2.13. The van der Waals surface area contributed by atoms with Crippen LogP contribution in [-0.2, 0) is 0 Å². The van der Waals surface area contributed by atoms with Crippen molar-refractivity contribution < 1.29 is 0 Å². The molecule has 0 fully saturated rings. The second kappa shape index (κ2) is 6.51. The van der Waals surface area contributed by atoms with Gasteiger partial charge in [0.1, 0.15) is 0 Å². The van der Waals surface area contributed by atoms with Crippen LogP contribution >= 0.6 is 0 Å². The van der Waals surface area contributed by atoms with Crippen LogP contribution < -0.4 is 0 Å². The molecule has 0 spiro atoms. The number of nitrogens with zero attached hydrogens (tertiary/aromatic N) is 1. The van der Waals surface area contributed by atoms with E-state index < -0.39 is 0 Å². The number of aromatic nitrogens is 1. The Labute approximate surface area is 116 Å². The van der Waals surface area contributed by atoms with Crippen molar-refractivity contribution >= 4 is 10.9 Å². The molecule has 2 aromatic rings. The molecule has 1 unspecified atom stereocenters. The van der Waals surface area contributed by atoms with E-state index in [9.17, 15) is 0 Å². The second-order valence-electron chi connectivity index (χ2n) is 5.14. The molecular weight excluding hydrogens is 230 g/mol. The third-order valence-corrected chi connectivity index (χ3v) is 3.62. The van der Waals surface area contributed by atoms with Gasteiger partial charge in [-0.05, 0) is 49.1 Å². The summed E-state index contributed by atoms with van der Waals surface area (Å²) in [6, 6.07) is 8.79. The van der Waals surface area contributed by atoms with Gasteiger partial charge in [-0.15, -0.1) is 0 Å². The first-order chi connectivity index (χ1) is 9.26. The quantitative estimate of drug-likeness (QED) is 0.651. The molecule has 0 aliphatic heterocycles. The maximum atomic E-state index is 4.43. The zero-order valence-corrected chi connectivity index (χ0v) is 12.2. The summed E-state index contributed by atoms with van der Waals surface area (Å²) in [4.78, 5) is 4.43. The lowest BCUT2D eigenvalue weighted by Crippen LogP contribution is -1.96. The number of rotatable bonds is 5. The summed E-state index contributed by atoms with van der Waals surface area (Å²) in [6.45, 7) is 6.60. The van der Waals surface area contributed by atoms with Gasteiger partial charge < -0.3 is 0 Å². The standard InChI is InChI=1S/C18H23N/c1-4-6-8-15(7-5-2)16-9-10-18-17(13-16)14(3)11-12-19-18/h6,8-13,15H,4-5,7H2,1-3H3. The minimum atomic E-state index is 0.536. The van der Waals surface area contributed by atoms with Gasteiger partial charge in [-0.2, -0.15) is 0 Å². The van der Waals surface area contributed by atoms with E-state index in [2.05, 4.69) is 62.2 Å². The summed E-state index contributed by atoms with van der Waals surface area (Å²) in [6.07, 6.45) is 10.0. The SMILES string of the molecule is CCC=CC(CCC)c1ccc2nccc(C)c2c1. The van der Waals surface area contributed by atoms with Crippen molar-refractivity contribution in [1.82, 2.24) is 4.98 Å². The summed E-state index contributed by atoms with van der Waals surface area (Å²) in [5.74, 6) is 0.536. The highest BCUT2D eigenvalue weighted by atomic mass is 14.6. The fraction of sp³-hybridized carbons (Fsp3) is 0.389. The molecule has 100 valence electrons. The number of allylic oxidation sites excluding steroid dienone is 2. The number of benzene rings is 1. The Morgan fingerprint density at radius 3 is 2.79 bits per heavy atom. The summed E-state index contributed by atoms with van der Waals surface area (Å²) in [5, 5.41) is 1.28. The lowest BCUT2D eigenvalue weighted by atomic mass is 9.92. The van der Waals surface area contributed by atoms with Crippen LogP contribution in [-0.4, -0.2) is 4.98 Å². The van der Waals surface area contributed by atoms with Crippen LogP contribution in [0, 0.1) is 6.92 Å². The van der Waals surface area contributed by atoms with Crippen LogP contribution in [0.4, 0.5) is 0 Å². The number of hydrogen-bond donors (Lipinski definition) is 0. The fourth-order valence-corrected chi connectivity index (χ4v) is 2.52. The molecule has 1 heterocycles. The lowest BCUT2D eigenvalue weighted by molar-refractivity contribution is 0.716. The normalized spacial score (nSPS) is 13.2. The van der Waals surface area contributed by atoms with E-state index >= 15 is 0 Å². The van der Waals surface area contributed by atoms with E-state index in [0.717, 1.165) is 11.9 Å². The van der Waals surface area contributed by atoms with E-state index in [1.165, 1.54) is 29.4 Å². The van der Waals surface area contributed by atoms with Crippen LogP contribution in [0.3, 0.4) is 0 Å². The van der Waals surface area contributed by atoms with Crippen LogP contribution in [0.15, 0.2) is 42.6 Å². The molecule has 0 bridgehead atoms. The largest absolute Gasteiger partial charge is 0.256 e. The summed E-state index contributed by atoms with van der Waals surface area (Å²) in [5.41, 5.74) is 3.81. The zero-order chi connectivity index (χ0) is 13.7. The summed E-state index contributed by atoms with van der Waals surface area (Å²) < 4.78 is 0. The van der Waals surface area contributed by atoms with Gasteiger partial charge in [0.25, 0.3) is 0 Å². The van der Waals surface area contributed by atoms with Crippen molar-refractivity contribution in [3.05, 3.63) is 53.7 Å². The van der Waals surface area contributed by atoms with Gasteiger partial charge in [0.15, 0.2) is 0 Å². The van der Waals surface area contributed by atoms with Crippen LogP contribution in [0.5, 0.6) is 0 Å². The molecule has 1 nitrogen and oxygen atoms in total. The van der Waals surface area contributed by atoms with Gasteiger partial charge in [-0.3, -0.25) is 4.98 Å². The fourth-order valence-electron chi connectivity index (χ4n) is 2.52. The molecule has 2 rings (SSSR count). The van der Waals surface area contributed by atoms with Crippen LogP contribution in [0.25, 0.3) is 10.9 Å². The van der Waals surface area contributed by atoms with Crippen molar-refractivity contribution in [1.29, 1.82) is 0 Å². The maximum Gasteiger partial charge on any atom is 0.0704 e. The van der Waals surface area contributed by atoms with Gasteiger partial charge in [0.05, 0.1) is 5.52 Å². The van der Waals surface area contributed by atoms with Crippen molar-refractivity contribution in [3.8, 4) is 0 Å². The molecule has 0 amide bonds. The van der Waals surface area contributed by atoms with Gasteiger partial charge in [0.2, 0.25) is 0 Å². The third kappa shape index (κ3) is 3.23. The maximum absolute atomic E-state index is 4.43. The Kier molecular flexibility index (Phi) is 4.73. The number of hydrogen-bond acceptors (Lipinski definition) is 1. The minimum absolute atomic E-state index is 0.536. The molecule has 1 aromatic carbocycles. The molecule has 19 heavy (non-hydrogen) atoms. The van der Waals surface area contributed by atoms with E-state index in [0.29, 0.717) is 5.92 Å². The van der Waals surface area contributed by atoms with Gasteiger partial charge in [-0.25, -0.2) is 0 Å². The topological polar surface area (TPSA) is 12.9 Å². The molecule has 0 radical (unpaired) electrons. The molecular formula is C18H23N. The van der Waals surface area contributed by atoms with E-state index in [4.69, 9.17) is 0 Å². The highest BCUT2D eigenvalue weighted by Gasteiger charge is 2.08. The highest BCUT2D eigenvalue weighted by Crippen LogP contribution is 2.27. The number of pyridine rings is 1. The Balaban J connectivity index is 2.42. The summed E-state index contributed by atoms with van der Waals surface area (Å²) >= 11 is 0. The monoisotopic (exact) mass is 253 g/mol. The molecule has 0 aliphatic carbocycles. The average Bonchev–Trinajstić information content (AvgIpc) is 2.44. The molecule has 1 aromatic heterocycles. The molecule has 0 saturated carbocycles. The Bertz CT molecular complexity index is 569. The first kappa shape index (κ1) is 13.8. The predicted molar refractivity (Wildman–Crippen MR) is 83.6 cm³/mol. The molecule has 1 heteroatoms. The Morgan fingerprint density at radius 1 is 1.21 bits per heavy atom. The Hall–Kier alpha value is -1.63. The van der Waals surface area contributed by atoms with Crippen molar-refractivity contribution in [2.75, 3.05) is 0 Å². The first-order valence-electron chi connectivity index (χ1n) is 7.28. The van der Waals surface area contributed by atoms with Crippen LogP contribution in [0.2, 0.25) is 0 Å². The van der Waals surface area contributed by atoms with Crippen molar-refractivity contribution in [2.45, 2.75) is 46.0 Å². The number of aryl methyl sites for hydroxylation is 1. The highest BCUT2D eigenvalue weighted by molar-refractivity contribution is 5.82. The molecule has 0 N–H and O–H groups in total. The minimum Gasteiger partial charge on any atom is -0.256 e. The number of fused-ring (bicyclic) bond motifs is 1. The van der Waals surface area contributed by atoms with Crippen molar-refractivity contribution in [3.63, 3.8) is 0 Å². The second-order valence-corrected chi connectivity index (χ2v) is 5.14. The molecule has 0 saturated heterocycles. The predicted octanol–water partition coefficient (Wildman–Crippen LogP) is 5.39. The van der Waals surface area contributed by atoms with E-state index in [1.54, 1.807) is 0 Å². The first-order valence-corrected chi connectivity index (χ1v) is 7.28. The van der Waals surface area contributed by atoms with E-state index in [-0.39, 0.29) is 0 Å². The van der Waals surface area contributed by atoms with Crippen LogP contribution in [0.1, 0.15) is 50.2 Å². The third-order valence-electron chi connectivity index (χ3n) is 3.62. The summed E-state index contributed by atoms with van der Waals surface area (Å²) in [7, 11) is 0. The van der Waals surface area contributed by atoms with Crippen molar-refractivity contribution in [2.24, 2.45) is 0 Å². The van der Waals surface area contributed by atoms with E-state index in [1.807, 2.05) is 6.20 Å². The molecule has 0 aliphatic rings. The average molecular weight is 253 g/mol. The zero-order valence-electron chi connectivity index (χ0n) is 12.2. The van der Waals surface area contributed by atoms with Gasteiger partial charge >= 0.3 is 0 Å².